The zero-order valence-electron chi connectivity index (χ0n) is 14.4. The summed E-state index contributed by atoms with van der Waals surface area (Å²) in [5.41, 5.74) is 2.94. The van der Waals surface area contributed by atoms with Crippen LogP contribution in [-0.2, 0) is 0 Å². The van der Waals surface area contributed by atoms with Crippen molar-refractivity contribution in [2.45, 2.75) is 36.3 Å². The predicted molar refractivity (Wildman–Crippen MR) is 107 cm³/mol. The van der Waals surface area contributed by atoms with Gasteiger partial charge < -0.3 is 0 Å². The van der Waals surface area contributed by atoms with Gasteiger partial charge in [-0.2, -0.15) is 0 Å². The van der Waals surface area contributed by atoms with Gasteiger partial charge in [-0.25, -0.2) is 0 Å². The molecule has 0 heterocycles. The van der Waals surface area contributed by atoms with Gasteiger partial charge in [-0.05, 0) is 0 Å². The SMILES string of the molecule is C=CCB(CC=C)/C(CC=C)=[C](\c1ccccc1)[Ge]([CH3])([CH3])[CH3]. The Hall–Kier alpha value is -1.21. The number of hydrogen-bond acceptors (Lipinski definition) is 0. The average molecular weight is 353 g/mol. The molecule has 0 aromatic heterocycles. The first-order chi connectivity index (χ1) is 10.5. The van der Waals surface area contributed by atoms with Gasteiger partial charge in [0.15, 0.2) is 0 Å². The Labute approximate surface area is 140 Å². The summed E-state index contributed by atoms with van der Waals surface area (Å²) in [4.78, 5) is 0. The fourth-order valence-corrected chi connectivity index (χ4v) is 7.95. The first kappa shape index (κ1) is 18.8. The van der Waals surface area contributed by atoms with Crippen molar-refractivity contribution in [1.82, 2.24) is 0 Å². The van der Waals surface area contributed by atoms with Crippen molar-refractivity contribution in [2.24, 2.45) is 0 Å². The third kappa shape index (κ3) is 5.21. The van der Waals surface area contributed by atoms with Crippen LogP contribution in [0.15, 0.2) is 73.8 Å². The fourth-order valence-electron chi connectivity index (χ4n) is 3.12. The Morgan fingerprint density at radius 2 is 1.50 bits per heavy atom. The third-order valence-electron chi connectivity index (χ3n) is 3.89. The molecule has 116 valence electrons. The van der Waals surface area contributed by atoms with Crippen molar-refractivity contribution in [3.63, 3.8) is 0 Å². The van der Waals surface area contributed by atoms with E-state index in [4.69, 9.17) is 0 Å². The molecule has 0 nitrogen and oxygen atoms in total. The molecule has 0 aliphatic heterocycles. The first-order valence-electron chi connectivity index (χ1n) is 8.07. The number of allylic oxidation sites excluding steroid dienone is 4. The summed E-state index contributed by atoms with van der Waals surface area (Å²) in [7, 11) is 0. The Morgan fingerprint density at radius 3 is 1.91 bits per heavy atom. The predicted octanol–water partition coefficient (Wildman–Crippen LogP) is 6.30. The van der Waals surface area contributed by atoms with Crippen molar-refractivity contribution >= 4 is 24.4 Å². The number of benzene rings is 1. The maximum absolute atomic E-state index is 4.00. The van der Waals surface area contributed by atoms with E-state index in [2.05, 4.69) is 67.3 Å². The zero-order valence-corrected chi connectivity index (χ0v) is 16.5. The van der Waals surface area contributed by atoms with Gasteiger partial charge in [-0.3, -0.25) is 0 Å². The monoisotopic (exact) mass is 354 g/mol. The Balaban J connectivity index is 3.55. The quantitative estimate of drug-likeness (QED) is 0.361. The van der Waals surface area contributed by atoms with Crippen LogP contribution in [0.1, 0.15) is 12.0 Å². The molecular formula is C20H29BGe. The zero-order chi connectivity index (χ0) is 16.6. The standard InChI is InChI=1S/C20H29BGe/c1-7-13-19(21(16-8-2)17-9-3)20(22(4,5)6)18-14-11-10-12-15-18/h7-12,14-15H,1-3,13,16-17H2,4-6H3/b20-19+. The van der Waals surface area contributed by atoms with Gasteiger partial charge in [0, 0.05) is 0 Å². The second-order valence-corrected chi connectivity index (χ2v) is 17.2. The summed E-state index contributed by atoms with van der Waals surface area (Å²) >= 11 is -2.03. The van der Waals surface area contributed by atoms with Crippen molar-refractivity contribution in [1.29, 1.82) is 0 Å². The van der Waals surface area contributed by atoms with E-state index in [1.165, 1.54) is 5.56 Å². The summed E-state index contributed by atoms with van der Waals surface area (Å²) < 4.78 is 1.62. The van der Waals surface area contributed by atoms with Crippen LogP contribution in [0.25, 0.3) is 4.41 Å². The van der Waals surface area contributed by atoms with E-state index in [1.807, 2.05) is 18.2 Å². The molecule has 0 spiro atoms. The summed E-state index contributed by atoms with van der Waals surface area (Å²) in [6, 6.07) is 10.9. The molecule has 2 heteroatoms. The molecule has 1 aromatic rings. The van der Waals surface area contributed by atoms with Crippen LogP contribution in [0.3, 0.4) is 0 Å². The van der Waals surface area contributed by atoms with Crippen LogP contribution in [0.4, 0.5) is 0 Å². The summed E-state index contributed by atoms with van der Waals surface area (Å²) in [6.07, 6.45) is 9.09. The van der Waals surface area contributed by atoms with E-state index in [-0.39, 0.29) is 0 Å². The summed E-state index contributed by atoms with van der Waals surface area (Å²) in [5.74, 6) is 7.43. The second kappa shape index (κ2) is 9.05. The van der Waals surface area contributed by atoms with Gasteiger partial charge in [0.25, 0.3) is 0 Å². The van der Waals surface area contributed by atoms with Crippen LogP contribution >= 0.6 is 0 Å². The molecule has 0 N–H and O–H groups in total. The molecular weight excluding hydrogens is 324 g/mol. The van der Waals surface area contributed by atoms with Crippen molar-refractivity contribution in [3.05, 3.63) is 79.3 Å². The first-order valence-corrected chi connectivity index (χ1v) is 15.4. The third-order valence-corrected chi connectivity index (χ3v) is 8.32. The molecule has 1 rings (SSSR count). The minimum atomic E-state index is -2.03. The fraction of sp³-hybridized carbons (Fsp3) is 0.300. The molecule has 0 atom stereocenters. The minimum absolute atomic E-state index is 0.494. The van der Waals surface area contributed by atoms with E-state index >= 15 is 0 Å². The van der Waals surface area contributed by atoms with Gasteiger partial charge in [0.2, 0.25) is 0 Å². The van der Waals surface area contributed by atoms with E-state index in [0.717, 1.165) is 19.1 Å². The van der Waals surface area contributed by atoms with Crippen LogP contribution in [0.5, 0.6) is 0 Å². The summed E-state index contributed by atoms with van der Waals surface area (Å²) in [6.45, 7) is 12.4. The van der Waals surface area contributed by atoms with Crippen molar-refractivity contribution in [3.8, 4) is 0 Å². The van der Waals surface area contributed by atoms with E-state index in [1.54, 1.807) is 9.88 Å². The topological polar surface area (TPSA) is 0 Å². The molecule has 0 amide bonds. The number of rotatable bonds is 9. The Kier molecular flexibility index (Phi) is 7.74. The Morgan fingerprint density at radius 1 is 0.955 bits per heavy atom. The molecule has 0 saturated carbocycles. The number of hydrogen-bond donors (Lipinski definition) is 0. The molecule has 0 aliphatic rings. The molecule has 0 saturated heterocycles. The van der Waals surface area contributed by atoms with Crippen LogP contribution in [0, 0.1) is 0 Å². The van der Waals surface area contributed by atoms with Crippen molar-refractivity contribution in [2.75, 3.05) is 0 Å². The molecule has 0 fully saturated rings. The van der Waals surface area contributed by atoms with Crippen molar-refractivity contribution < 1.29 is 0 Å². The summed E-state index contributed by atoms with van der Waals surface area (Å²) in [5, 5.41) is 0. The second-order valence-electron chi connectivity index (χ2n) is 6.75. The molecule has 0 unspecified atom stereocenters. The van der Waals surface area contributed by atoms with Crippen LogP contribution in [0.2, 0.25) is 29.9 Å². The van der Waals surface area contributed by atoms with E-state index in [0.29, 0.717) is 6.71 Å². The van der Waals surface area contributed by atoms with E-state index < -0.39 is 13.3 Å². The van der Waals surface area contributed by atoms with Gasteiger partial charge in [0.1, 0.15) is 0 Å². The molecule has 22 heavy (non-hydrogen) atoms. The molecule has 0 aliphatic carbocycles. The van der Waals surface area contributed by atoms with Crippen LogP contribution < -0.4 is 0 Å². The van der Waals surface area contributed by atoms with Gasteiger partial charge >= 0.3 is 140 Å². The molecule has 0 radical (unpaired) electrons. The van der Waals surface area contributed by atoms with E-state index in [9.17, 15) is 0 Å². The van der Waals surface area contributed by atoms with Gasteiger partial charge in [-0.1, -0.05) is 0 Å². The molecule has 1 aromatic carbocycles. The average Bonchev–Trinajstić information content (AvgIpc) is 2.46. The molecule has 0 bridgehead atoms. The maximum atomic E-state index is 4.00. The van der Waals surface area contributed by atoms with Gasteiger partial charge in [0.05, 0.1) is 0 Å². The Bertz CT molecular complexity index is 525. The van der Waals surface area contributed by atoms with Crippen LogP contribution in [-0.4, -0.2) is 20.0 Å². The van der Waals surface area contributed by atoms with Gasteiger partial charge in [-0.15, -0.1) is 0 Å². The normalized spacial score (nSPS) is 12.3.